The van der Waals surface area contributed by atoms with Crippen LogP contribution in [0.15, 0.2) is 40.2 Å². The molecule has 0 aliphatic carbocycles. The van der Waals surface area contributed by atoms with Crippen molar-refractivity contribution in [3.8, 4) is 0 Å². The van der Waals surface area contributed by atoms with Crippen LogP contribution in [0.4, 0.5) is 0 Å². The lowest BCUT2D eigenvalue weighted by atomic mass is 10.2. The molecule has 0 atom stereocenters. The number of rotatable bonds is 10. The first kappa shape index (κ1) is 22.4. The monoisotopic (exact) mass is 382 g/mol. The van der Waals surface area contributed by atoms with Crippen molar-refractivity contribution < 1.29 is 8.42 Å². The second-order valence-electron chi connectivity index (χ2n) is 6.84. The number of aliphatic imine (C=N–C) groups is 1. The maximum Gasteiger partial charge on any atom is 0.191 e. The van der Waals surface area contributed by atoms with Crippen molar-refractivity contribution in [2.24, 2.45) is 4.99 Å². The molecule has 6 nitrogen and oxygen atoms in total. The fourth-order valence-corrected chi connectivity index (χ4v) is 4.03. The van der Waals surface area contributed by atoms with Crippen molar-refractivity contribution in [1.82, 2.24) is 15.5 Å². The van der Waals surface area contributed by atoms with Gasteiger partial charge in [-0.25, -0.2) is 8.42 Å². The third kappa shape index (κ3) is 7.74. The third-order valence-corrected chi connectivity index (χ3v) is 5.93. The van der Waals surface area contributed by atoms with E-state index in [0.29, 0.717) is 29.5 Å². The summed E-state index contributed by atoms with van der Waals surface area (Å²) in [4.78, 5) is 6.96. The lowest BCUT2D eigenvalue weighted by Gasteiger charge is -2.30. The fourth-order valence-electron chi connectivity index (χ4n) is 2.85. The van der Waals surface area contributed by atoms with Crippen LogP contribution in [-0.2, 0) is 9.84 Å². The van der Waals surface area contributed by atoms with Crippen molar-refractivity contribution in [3.63, 3.8) is 0 Å². The summed E-state index contributed by atoms with van der Waals surface area (Å²) in [6.45, 7) is 11.0. The average Bonchev–Trinajstić information content (AvgIpc) is 2.60. The highest BCUT2D eigenvalue weighted by molar-refractivity contribution is 7.91. The summed E-state index contributed by atoms with van der Waals surface area (Å²) >= 11 is 0. The Labute approximate surface area is 159 Å². The molecule has 0 aliphatic heterocycles. The van der Waals surface area contributed by atoms with Gasteiger partial charge in [0.25, 0.3) is 0 Å². The second kappa shape index (κ2) is 11.2. The number of sulfone groups is 1. The molecule has 0 aromatic heterocycles. The highest BCUT2D eigenvalue weighted by Gasteiger charge is 2.14. The molecule has 7 heteroatoms. The summed E-state index contributed by atoms with van der Waals surface area (Å²) in [5, 5.41) is 6.32. The molecule has 0 fully saturated rings. The van der Waals surface area contributed by atoms with Crippen LogP contribution < -0.4 is 10.6 Å². The zero-order chi connectivity index (χ0) is 19.6. The summed E-state index contributed by atoms with van der Waals surface area (Å²) in [6, 6.07) is 9.57. The Hall–Kier alpha value is -1.60. The number of nitrogens with one attached hydrogen (secondary N) is 2. The van der Waals surface area contributed by atoms with Crippen molar-refractivity contribution in [2.45, 2.75) is 51.1 Å². The van der Waals surface area contributed by atoms with E-state index in [1.165, 1.54) is 0 Å². The summed E-state index contributed by atoms with van der Waals surface area (Å²) in [7, 11) is -1.58. The quantitative estimate of drug-likeness (QED) is 0.368. The Bertz CT molecular complexity index is 635. The molecule has 148 valence electrons. The van der Waals surface area contributed by atoms with Crippen molar-refractivity contribution in [1.29, 1.82) is 0 Å². The van der Waals surface area contributed by atoms with E-state index in [1.807, 2.05) is 6.07 Å². The van der Waals surface area contributed by atoms with Crippen molar-refractivity contribution in [3.05, 3.63) is 30.3 Å². The van der Waals surface area contributed by atoms with Gasteiger partial charge in [0.1, 0.15) is 0 Å². The van der Waals surface area contributed by atoms with Gasteiger partial charge < -0.3 is 10.6 Å². The molecule has 26 heavy (non-hydrogen) atoms. The fraction of sp³-hybridized carbons (Fsp3) is 0.632. The molecule has 0 saturated carbocycles. The molecule has 0 spiro atoms. The summed E-state index contributed by atoms with van der Waals surface area (Å²) in [6.07, 6.45) is 0.999. The first-order chi connectivity index (χ1) is 12.3. The van der Waals surface area contributed by atoms with Gasteiger partial charge in [0.05, 0.1) is 10.6 Å². The van der Waals surface area contributed by atoms with Crippen LogP contribution >= 0.6 is 0 Å². The molecule has 0 aliphatic rings. The van der Waals surface area contributed by atoms with Crippen LogP contribution in [0.25, 0.3) is 0 Å². The Morgan fingerprint density at radius 2 is 1.62 bits per heavy atom. The van der Waals surface area contributed by atoms with Crippen LogP contribution in [-0.4, -0.2) is 63.8 Å². The molecule has 1 rings (SSSR count). The minimum absolute atomic E-state index is 0.0339. The third-order valence-electron chi connectivity index (χ3n) is 4.20. The van der Waals surface area contributed by atoms with Gasteiger partial charge in [0, 0.05) is 38.8 Å². The minimum Gasteiger partial charge on any atom is -0.356 e. The van der Waals surface area contributed by atoms with Gasteiger partial charge in [0.2, 0.25) is 0 Å². The smallest absolute Gasteiger partial charge is 0.191 e. The van der Waals surface area contributed by atoms with Crippen LogP contribution in [0, 0.1) is 0 Å². The van der Waals surface area contributed by atoms with Gasteiger partial charge in [-0.2, -0.15) is 0 Å². The first-order valence-corrected chi connectivity index (χ1v) is 10.9. The predicted octanol–water partition coefficient (Wildman–Crippen LogP) is 2.13. The highest BCUT2D eigenvalue weighted by Crippen LogP contribution is 2.09. The number of nitrogens with zero attached hydrogens (tertiary/aromatic N) is 2. The van der Waals surface area contributed by atoms with E-state index < -0.39 is 9.84 Å². The maximum absolute atomic E-state index is 12.3. The molecule has 0 bridgehead atoms. The Morgan fingerprint density at radius 3 is 2.15 bits per heavy atom. The SMILES string of the molecule is CN=C(NCCCN(C(C)C)C(C)C)NCCS(=O)(=O)c1ccccc1. The van der Waals surface area contributed by atoms with Gasteiger partial charge in [-0.15, -0.1) is 0 Å². The Morgan fingerprint density at radius 1 is 1.04 bits per heavy atom. The van der Waals surface area contributed by atoms with Crippen LogP contribution in [0.1, 0.15) is 34.1 Å². The summed E-state index contributed by atoms with van der Waals surface area (Å²) < 4.78 is 24.5. The molecule has 0 saturated heterocycles. The van der Waals surface area contributed by atoms with Gasteiger partial charge >= 0.3 is 0 Å². The zero-order valence-electron chi connectivity index (χ0n) is 16.7. The minimum atomic E-state index is -3.27. The van der Waals surface area contributed by atoms with Gasteiger partial charge in [0.15, 0.2) is 15.8 Å². The summed E-state index contributed by atoms with van der Waals surface area (Å²) in [5.41, 5.74) is 0. The molecule has 1 aromatic carbocycles. The molecule has 1 aromatic rings. The predicted molar refractivity (Wildman–Crippen MR) is 109 cm³/mol. The van der Waals surface area contributed by atoms with Gasteiger partial charge in [-0.3, -0.25) is 9.89 Å². The second-order valence-corrected chi connectivity index (χ2v) is 8.95. The number of hydrogen-bond acceptors (Lipinski definition) is 4. The average molecular weight is 383 g/mol. The molecular formula is C19H34N4O2S. The maximum atomic E-state index is 12.3. The molecule has 0 amide bonds. The molecular weight excluding hydrogens is 348 g/mol. The Kier molecular flexibility index (Phi) is 9.65. The zero-order valence-corrected chi connectivity index (χ0v) is 17.5. The molecule has 0 radical (unpaired) electrons. The highest BCUT2D eigenvalue weighted by atomic mass is 32.2. The lowest BCUT2D eigenvalue weighted by molar-refractivity contribution is 0.173. The van der Waals surface area contributed by atoms with Crippen molar-refractivity contribution in [2.75, 3.05) is 32.4 Å². The number of guanidine groups is 1. The molecule has 0 unspecified atom stereocenters. The number of hydrogen-bond donors (Lipinski definition) is 2. The van der Waals surface area contributed by atoms with E-state index >= 15 is 0 Å². The van der Waals surface area contributed by atoms with E-state index in [0.717, 1.165) is 19.5 Å². The van der Waals surface area contributed by atoms with E-state index in [-0.39, 0.29) is 5.75 Å². The van der Waals surface area contributed by atoms with E-state index in [4.69, 9.17) is 0 Å². The van der Waals surface area contributed by atoms with Gasteiger partial charge in [-0.1, -0.05) is 18.2 Å². The lowest BCUT2D eigenvalue weighted by Crippen LogP contribution is -2.42. The van der Waals surface area contributed by atoms with Crippen LogP contribution in [0.2, 0.25) is 0 Å². The van der Waals surface area contributed by atoms with Gasteiger partial charge in [-0.05, 0) is 46.2 Å². The van der Waals surface area contributed by atoms with Crippen LogP contribution in [0.5, 0.6) is 0 Å². The molecule has 0 heterocycles. The largest absolute Gasteiger partial charge is 0.356 e. The van der Waals surface area contributed by atoms with E-state index in [9.17, 15) is 8.42 Å². The Balaban J connectivity index is 2.35. The van der Waals surface area contributed by atoms with Crippen LogP contribution in [0.3, 0.4) is 0 Å². The van der Waals surface area contributed by atoms with E-state index in [1.54, 1.807) is 31.3 Å². The topological polar surface area (TPSA) is 73.8 Å². The normalized spacial score (nSPS) is 12.8. The molecule has 2 N–H and O–H groups in total. The standard InChI is InChI=1S/C19H34N4O2S/c1-16(2)23(17(3)4)14-9-12-21-19(20-5)22-13-15-26(24,25)18-10-7-6-8-11-18/h6-8,10-11,16-17H,9,12-15H2,1-5H3,(H2,20,21,22). The van der Waals surface area contributed by atoms with Crippen molar-refractivity contribution >= 4 is 15.8 Å². The first-order valence-electron chi connectivity index (χ1n) is 9.26. The summed E-state index contributed by atoms with van der Waals surface area (Å²) in [5.74, 6) is 0.667. The van der Waals surface area contributed by atoms with E-state index in [2.05, 4.69) is 48.2 Å². The number of benzene rings is 1.